The third kappa shape index (κ3) is 4.21. The van der Waals surface area contributed by atoms with Crippen LogP contribution < -0.4 is 5.32 Å². The van der Waals surface area contributed by atoms with E-state index in [4.69, 9.17) is 9.26 Å². The molecule has 1 aliphatic rings. The Balaban J connectivity index is 1.48. The van der Waals surface area contributed by atoms with Crippen LogP contribution in [-0.2, 0) is 4.74 Å². The Labute approximate surface area is 167 Å². The fourth-order valence-electron chi connectivity index (χ4n) is 3.10. The fourth-order valence-corrected chi connectivity index (χ4v) is 3.83. The van der Waals surface area contributed by atoms with E-state index in [9.17, 15) is 4.79 Å². The summed E-state index contributed by atoms with van der Waals surface area (Å²) in [6, 6.07) is 10.1. The second-order valence-corrected chi connectivity index (χ2v) is 7.69. The molecule has 1 aliphatic heterocycles. The van der Waals surface area contributed by atoms with Crippen molar-refractivity contribution >= 4 is 29.4 Å². The van der Waals surface area contributed by atoms with Gasteiger partial charge in [-0.25, -0.2) is 4.98 Å². The number of thiazole rings is 1. The summed E-state index contributed by atoms with van der Waals surface area (Å²) in [6.07, 6.45) is 7.16. The van der Waals surface area contributed by atoms with Gasteiger partial charge >= 0.3 is 0 Å². The summed E-state index contributed by atoms with van der Waals surface area (Å²) in [5.41, 5.74) is 2.70. The first-order valence-corrected chi connectivity index (χ1v) is 10.1. The number of carbonyl (C=O) groups excluding carboxylic acids is 1. The maximum absolute atomic E-state index is 12.4. The van der Waals surface area contributed by atoms with Gasteiger partial charge < -0.3 is 14.6 Å². The number of amides is 1. The van der Waals surface area contributed by atoms with Gasteiger partial charge in [-0.1, -0.05) is 35.5 Å². The Bertz CT molecular complexity index is 972. The minimum Gasteiger partial charge on any atom is -0.381 e. The second-order valence-electron chi connectivity index (χ2n) is 6.62. The lowest BCUT2D eigenvalue weighted by atomic mass is 10.1. The predicted octanol–water partition coefficient (Wildman–Crippen LogP) is 4.19. The Morgan fingerprint density at radius 1 is 1.21 bits per heavy atom. The Hall–Kier alpha value is -2.77. The van der Waals surface area contributed by atoms with E-state index >= 15 is 0 Å². The molecule has 1 aromatic carbocycles. The maximum atomic E-state index is 12.4. The van der Waals surface area contributed by atoms with Crippen LogP contribution in [0.15, 0.2) is 41.1 Å². The molecule has 3 heterocycles. The number of carbonyl (C=O) groups is 1. The third-order valence-corrected chi connectivity index (χ3v) is 5.61. The molecule has 1 saturated heterocycles. The van der Waals surface area contributed by atoms with Crippen molar-refractivity contribution in [1.82, 2.24) is 15.5 Å². The van der Waals surface area contributed by atoms with Gasteiger partial charge in [-0.2, -0.15) is 0 Å². The molecule has 7 heteroatoms. The lowest BCUT2D eigenvalue weighted by molar-refractivity contribution is 0.0698. The number of nitrogens with zero attached hydrogens (tertiary/aromatic N) is 2. The zero-order chi connectivity index (χ0) is 19.3. The number of rotatable bonds is 5. The lowest BCUT2D eigenvalue weighted by Gasteiger charge is -2.22. The van der Waals surface area contributed by atoms with Gasteiger partial charge in [0.05, 0.1) is 6.20 Å². The monoisotopic (exact) mass is 395 g/mol. The summed E-state index contributed by atoms with van der Waals surface area (Å²) >= 11 is 1.37. The van der Waals surface area contributed by atoms with Crippen LogP contribution in [0.3, 0.4) is 0 Å². The van der Waals surface area contributed by atoms with E-state index in [0.29, 0.717) is 18.1 Å². The third-order valence-electron chi connectivity index (χ3n) is 4.65. The van der Waals surface area contributed by atoms with E-state index in [1.807, 2.05) is 49.4 Å². The number of ether oxygens (including phenoxy) is 1. The molecule has 4 rings (SSSR count). The minimum absolute atomic E-state index is 0.0739. The van der Waals surface area contributed by atoms with Crippen molar-refractivity contribution in [2.75, 3.05) is 13.2 Å². The van der Waals surface area contributed by atoms with Gasteiger partial charge in [0.2, 0.25) is 0 Å². The molecule has 0 unspecified atom stereocenters. The van der Waals surface area contributed by atoms with Gasteiger partial charge in [0.15, 0.2) is 0 Å². The molecule has 2 aromatic heterocycles. The van der Waals surface area contributed by atoms with Gasteiger partial charge in [-0.3, -0.25) is 4.79 Å². The van der Waals surface area contributed by atoms with Crippen LogP contribution in [0.5, 0.6) is 0 Å². The average Bonchev–Trinajstić information content (AvgIpc) is 3.34. The van der Waals surface area contributed by atoms with E-state index in [-0.39, 0.29) is 11.9 Å². The van der Waals surface area contributed by atoms with Crippen LogP contribution in [0.4, 0.5) is 0 Å². The molecule has 0 bridgehead atoms. The van der Waals surface area contributed by atoms with E-state index < -0.39 is 0 Å². The Morgan fingerprint density at radius 2 is 2.00 bits per heavy atom. The molecule has 1 amide bonds. The molecule has 1 fully saturated rings. The Morgan fingerprint density at radius 3 is 2.79 bits per heavy atom. The molecule has 0 spiro atoms. The number of nitrogens with one attached hydrogen (secondary N) is 1. The molecule has 0 saturated carbocycles. The molecular formula is C21H21N3O3S. The molecule has 144 valence electrons. The van der Waals surface area contributed by atoms with Crippen molar-refractivity contribution in [1.29, 1.82) is 0 Å². The first-order chi connectivity index (χ1) is 13.7. The number of aromatic nitrogens is 2. The first kappa shape index (κ1) is 18.6. The highest BCUT2D eigenvalue weighted by atomic mass is 32.1. The summed E-state index contributed by atoms with van der Waals surface area (Å²) in [4.78, 5) is 17.4. The quantitative estimate of drug-likeness (QED) is 0.701. The van der Waals surface area contributed by atoms with Crippen LogP contribution in [-0.4, -0.2) is 35.3 Å². The van der Waals surface area contributed by atoms with Crippen LogP contribution >= 0.6 is 11.3 Å². The predicted molar refractivity (Wildman–Crippen MR) is 109 cm³/mol. The number of hydrogen-bond donors (Lipinski definition) is 1. The minimum atomic E-state index is -0.0739. The smallest absolute Gasteiger partial charge is 0.263 e. The Kier molecular flexibility index (Phi) is 5.64. The number of hydrogen-bond acceptors (Lipinski definition) is 6. The molecule has 0 radical (unpaired) electrons. The van der Waals surface area contributed by atoms with Crippen LogP contribution in [0.2, 0.25) is 0 Å². The molecule has 3 aromatic rings. The maximum Gasteiger partial charge on any atom is 0.263 e. The largest absolute Gasteiger partial charge is 0.381 e. The van der Waals surface area contributed by atoms with Gasteiger partial charge in [0.1, 0.15) is 21.3 Å². The summed E-state index contributed by atoms with van der Waals surface area (Å²) in [7, 11) is 0. The molecule has 0 aliphatic carbocycles. The van der Waals surface area contributed by atoms with Gasteiger partial charge in [0, 0.05) is 30.4 Å². The van der Waals surface area contributed by atoms with E-state index in [0.717, 1.165) is 40.4 Å². The topological polar surface area (TPSA) is 77.2 Å². The van der Waals surface area contributed by atoms with E-state index in [1.54, 1.807) is 6.20 Å². The SMILES string of the molecule is Cc1onc(-c2ccccc2)c1C=Cc1ncc(C(=O)NC2CCOCC2)s1. The van der Waals surface area contributed by atoms with Crippen LogP contribution in [0, 0.1) is 6.92 Å². The number of benzene rings is 1. The normalized spacial score (nSPS) is 15.2. The zero-order valence-electron chi connectivity index (χ0n) is 15.6. The standard InChI is InChI=1S/C21H21N3O3S/c1-14-17(20(24-27-14)15-5-3-2-4-6-15)7-8-19-22-13-18(28-19)21(25)23-16-9-11-26-12-10-16/h2-8,13,16H,9-12H2,1H3,(H,23,25). The van der Waals surface area contributed by atoms with E-state index in [2.05, 4.69) is 15.5 Å². The number of aryl methyl sites for hydroxylation is 1. The highest BCUT2D eigenvalue weighted by Crippen LogP contribution is 2.27. The van der Waals surface area contributed by atoms with Crippen molar-refractivity contribution in [2.24, 2.45) is 0 Å². The van der Waals surface area contributed by atoms with E-state index in [1.165, 1.54) is 11.3 Å². The summed E-state index contributed by atoms with van der Waals surface area (Å²) in [6.45, 7) is 3.28. The van der Waals surface area contributed by atoms with Crippen molar-refractivity contribution in [3.05, 3.63) is 57.7 Å². The molecular weight excluding hydrogens is 374 g/mol. The summed E-state index contributed by atoms with van der Waals surface area (Å²) in [5.74, 6) is 0.666. The highest BCUT2D eigenvalue weighted by Gasteiger charge is 2.18. The van der Waals surface area contributed by atoms with Crippen molar-refractivity contribution in [2.45, 2.75) is 25.8 Å². The molecule has 1 N–H and O–H groups in total. The average molecular weight is 395 g/mol. The van der Waals surface area contributed by atoms with Gasteiger partial charge in [-0.05, 0) is 31.9 Å². The van der Waals surface area contributed by atoms with Crippen molar-refractivity contribution < 1.29 is 14.1 Å². The molecule has 6 nitrogen and oxygen atoms in total. The fraction of sp³-hybridized carbons (Fsp3) is 0.286. The van der Waals surface area contributed by atoms with Crippen molar-refractivity contribution in [3.8, 4) is 11.3 Å². The zero-order valence-corrected chi connectivity index (χ0v) is 16.4. The van der Waals surface area contributed by atoms with Crippen LogP contribution in [0.25, 0.3) is 23.4 Å². The molecule has 0 atom stereocenters. The van der Waals surface area contributed by atoms with Gasteiger partial charge in [0.25, 0.3) is 5.91 Å². The second kappa shape index (κ2) is 8.50. The highest BCUT2D eigenvalue weighted by molar-refractivity contribution is 7.14. The first-order valence-electron chi connectivity index (χ1n) is 9.25. The summed E-state index contributed by atoms with van der Waals surface area (Å²) in [5, 5.41) is 8.00. The van der Waals surface area contributed by atoms with Gasteiger partial charge in [-0.15, -0.1) is 11.3 Å². The van der Waals surface area contributed by atoms with Crippen molar-refractivity contribution in [3.63, 3.8) is 0 Å². The summed E-state index contributed by atoms with van der Waals surface area (Å²) < 4.78 is 10.7. The lowest BCUT2D eigenvalue weighted by Crippen LogP contribution is -2.38. The van der Waals surface area contributed by atoms with Crippen LogP contribution in [0.1, 0.15) is 38.8 Å². The molecule has 28 heavy (non-hydrogen) atoms.